The molecule has 1 heterocycles. The fourth-order valence-corrected chi connectivity index (χ4v) is 70.3. The van der Waals surface area contributed by atoms with E-state index in [9.17, 15) is 0 Å². The van der Waals surface area contributed by atoms with Crippen molar-refractivity contribution in [2.75, 3.05) is 0 Å². The largest absolute Gasteiger partial charge is 0.320 e. The molecule has 0 amide bonds. The Labute approximate surface area is 195 Å². The molecule has 1 fully saturated rings. The lowest BCUT2D eigenvalue weighted by atomic mass is 10.3. The van der Waals surface area contributed by atoms with E-state index in [0.29, 0.717) is 0 Å². The molecule has 180 valence electrons. The molecule has 2 unspecified atom stereocenters. The molecule has 0 radical (unpaired) electrons. The Bertz CT molecular complexity index is 684. The summed E-state index contributed by atoms with van der Waals surface area (Å²) in [6.45, 7) is 41.8. The van der Waals surface area contributed by atoms with Crippen LogP contribution in [-0.4, -0.2) is 44.3 Å². The van der Waals surface area contributed by atoms with Crippen molar-refractivity contribution in [1.29, 1.82) is 0 Å². The molecule has 1 aliphatic rings. The Morgan fingerprint density at radius 3 is 0.967 bits per heavy atom. The van der Waals surface area contributed by atoms with E-state index in [-0.39, 0.29) is 22.8 Å². The van der Waals surface area contributed by atoms with Crippen LogP contribution in [-0.2, 0) is 0 Å². The molecule has 0 aromatic carbocycles. The van der Waals surface area contributed by atoms with Crippen molar-refractivity contribution < 1.29 is 0 Å². The van der Waals surface area contributed by atoms with Crippen LogP contribution >= 0.6 is 21.1 Å². The molecule has 0 spiro atoms. The van der Waals surface area contributed by atoms with Crippen LogP contribution < -0.4 is 0 Å². The Hall–Kier alpha value is 1.50. The lowest BCUT2D eigenvalue weighted by molar-refractivity contribution is 0.712. The van der Waals surface area contributed by atoms with Gasteiger partial charge in [-0.15, -0.1) is 0 Å². The van der Waals surface area contributed by atoms with Crippen molar-refractivity contribution in [2.24, 2.45) is 8.82 Å². The zero-order valence-electron chi connectivity index (χ0n) is 23.7. The minimum atomic E-state index is -1.72. The number of nitrogens with zero attached hydrogens (tertiary/aromatic N) is 3. The van der Waals surface area contributed by atoms with Gasteiger partial charge in [-0.3, -0.25) is 4.11 Å². The van der Waals surface area contributed by atoms with Crippen LogP contribution in [0.25, 0.3) is 0 Å². The van der Waals surface area contributed by atoms with Gasteiger partial charge in [-0.25, -0.2) is 0 Å². The smallest absolute Gasteiger partial charge is 0.172 e. The van der Waals surface area contributed by atoms with Gasteiger partial charge in [0.1, 0.15) is 8.24 Å². The summed E-state index contributed by atoms with van der Waals surface area (Å²) in [5, 5.41) is 0.673. The third-order valence-corrected chi connectivity index (χ3v) is 46.4. The van der Waals surface area contributed by atoms with Gasteiger partial charge in [0, 0.05) is 17.6 Å². The fourth-order valence-electron chi connectivity index (χ4n) is 4.59. The van der Waals surface area contributed by atoms with Crippen molar-refractivity contribution in [2.45, 2.75) is 137 Å². The Morgan fingerprint density at radius 2 is 0.833 bits per heavy atom. The van der Waals surface area contributed by atoms with E-state index in [0.717, 1.165) is 0 Å². The van der Waals surface area contributed by atoms with Gasteiger partial charge in [0.15, 0.2) is 16.5 Å². The highest BCUT2D eigenvalue weighted by atomic mass is 32.5. The molecule has 0 aromatic rings. The van der Waals surface area contributed by atoms with Crippen LogP contribution in [0.5, 0.6) is 0 Å². The van der Waals surface area contributed by atoms with Crippen LogP contribution in [0.15, 0.2) is 8.82 Å². The molecule has 0 aromatic heterocycles. The van der Waals surface area contributed by atoms with Gasteiger partial charge in [0.2, 0.25) is 0 Å². The van der Waals surface area contributed by atoms with Gasteiger partial charge < -0.3 is 8.82 Å². The summed E-state index contributed by atoms with van der Waals surface area (Å²) >= 11 is 0. The van der Waals surface area contributed by atoms with Crippen molar-refractivity contribution in [1.82, 2.24) is 4.11 Å². The SMILES string of the molecule is CC(C)(C)P1P(=N[Si](C)(C)C)(C(C)(C)C)N([Si](C)(C)C)P1(=N[Si](C)(C)C)C(C)(C)C. The standard InChI is InChI=1S/C21H54N3P3Si3/c1-19(2,3)25-26(20(4,5)6,22-28(10,11)12)24(30(16,17)18)27(25,21(7,8)9)23-29(13,14)15/h1-18H3. The molecule has 0 aliphatic carbocycles. The summed E-state index contributed by atoms with van der Waals surface area (Å²) in [6, 6.07) is 0. The molecule has 9 heteroatoms. The first-order valence-corrected chi connectivity index (χ1v) is 28.0. The van der Waals surface area contributed by atoms with Crippen LogP contribution in [0.4, 0.5) is 0 Å². The maximum absolute atomic E-state index is 6.07. The van der Waals surface area contributed by atoms with Crippen LogP contribution in [0.2, 0.25) is 58.9 Å². The van der Waals surface area contributed by atoms with E-state index >= 15 is 0 Å². The number of hydrogen-bond donors (Lipinski definition) is 0. The quantitative estimate of drug-likeness (QED) is 0.266. The second-order valence-corrected chi connectivity index (χ2v) is 45.5. The van der Waals surface area contributed by atoms with E-state index < -0.39 is 38.5 Å². The second-order valence-electron chi connectivity index (χ2n) is 14.9. The van der Waals surface area contributed by atoms with E-state index in [1.54, 1.807) is 0 Å². The Balaban J connectivity index is 4.48. The van der Waals surface area contributed by atoms with Gasteiger partial charge in [-0.1, -0.05) is 121 Å². The monoisotopic (exact) mass is 525 g/mol. The summed E-state index contributed by atoms with van der Waals surface area (Å²) in [7, 11) is -5.27. The van der Waals surface area contributed by atoms with E-state index in [1.807, 2.05) is 0 Å². The molecule has 30 heavy (non-hydrogen) atoms. The molecule has 0 N–H and O–H groups in total. The molecule has 1 aliphatic heterocycles. The highest BCUT2D eigenvalue weighted by molar-refractivity contribution is 8.73. The maximum atomic E-state index is 6.07. The van der Waals surface area contributed by atoms with E-state index in [2.05, 4.69) is 125 Å². The summed E-state index contributed by atoms with van der Waals surface area (Å²) in [6.07, 6.45) is 0. The predicted molar refractivity (Wildman–Crippen MR) is 157 cm³/mol. The fraction of sp³-hybridized carbons (Fsp3) is 1.00. The predicted octanol–water partition coefficient (Wildman–Crippen LogP) is 10.7. The van der Waals surface area contributed by atoms with Crippen molar-refractivity contribution in [3.63, 3.8) is 0 Å². The summed E-state index contributed by atoms with van der Waals surface area (Å²) in [4.78, 5) is 0. The highest BCUT2D eigenvalue weighted by Gasteiger charge is 2.73. The lowest BCUT2D eigenvalue weighted by Crippen LogP contribution is -2.54. The summed E-state index contributed by atoms with van der Waals surface area (Å²) in [5.74, 6) is 0. The van der Waals surface area contributed by atoms with Crippen LogP contribution in [0, 0.1) is 0 Å². The van der Waals surface area contributed by atoms with Crippen LogP contribution in [0.3, 0.4) is 0 Å². The molecule has 2 atom stereocenters. The lowest BCUT2D eigenvalue weighted by Gasteiger charge is -2.76. The average Bonchev–Trinajstić information content (AvgIpc) is 2.25. The normalized spacial score (nSPS) is 30.1. The van der Waals surface area contributed by atoms with Gasteiger partial charge >= 0.3 is 0 Å². The molecule has 1 saturated heterocycles. The van der Waals surface area contributed by atoms with Crippen molar-refractivity contribution >= 4 is 45.8 Å². The molecule has 0 saturated carbocycles. The maximum Gasteiger partial charge on any atom is 0.172 e. The summed E-state index contributed by atoms with van der Waals surface area (Å²) < 4.78 is 15.3. The molecule has 0 bridgehead atoms. The average molecular weight is 526 g/mol. The van der Waals surface area contributed by atoms with Gasteiger partial charge in [-0.05, 0) is 5.16 Å². The topological polar surface area (TPSA) is 28.0 Å². The van der Waals surface area contributed by atoms with Crippen LogP contribution in [0.1, 0.15) is 62.3 Å². The van der Waals surface area contributed by atoms with Crippen molar-refractivity contribution in [3.05, 3.63) is 0 Å². The van der Waals surface area contributed by atoms with E-state index in [4.69, 9.17) is 8.82 Å². The molecular formula is C21H54N3P3Si3. The first-order valence-electron chi connectivity index (χ1n) is 11.5. The van der Waals surface area contributed by atoms with Gasteiger partial charge in [0.25, 0.3) is 0 Å². The third kappa shape index (κ3) is 5.26. The van der Waals surface area contributed by atoms with E-state index in [1.165, 1.54) is 0 Å². The highest BCUT2D eigenvalue weighted by Crippen LogP contribution is 3.18. The Morgan fingerprint density at radius 1 is 0.567 bits per heavy atom. The Kier molecular flexibility index (Phi) is 7.90. The van der Waals surface area contributed by atoms with Gasteiger partial charge in [-0.2, -0.15) is 0 Å². The number of rotatable bonds is 3. The first-order chi connectivity index (χ1) is 12.6. The minimum Gasteiger partial charge on any atom is -0.320 e. The number of hydrogen-bond acceptors (Lipinski definition) is 2. The molecule has 1 rings (SSSR count). The summed E-state index contributed by atoms with van der Waals surface area (Å²) in [5.41, 5.74) is 0. The minimum absolute atomic E-state index is 0.205. The zero-order valence-corrected chi connectivity index (χ0v) is 29.4. The zero-order chi connectivity index (χ0) is 24.6. The van der Waals surface area contributed by atoms with Gasteiger partial charge in [0.05, 0.1) is 13.8 Å². The second kappa shape index (κ2) is 8.03. The first kappa shape index (κ1) is 29.5. The molecular weight excluding hydrogens is 471 g/mol. The molecule has 3 nitrogen and oxygen atoms in total. The third-order valence-electron chi connectivity index (χ3n) is 4.94. The van der Waals surface area contributed by atoms with Crippen molar-refractivity contribution in [3.8, 4) is 0 Å².